The highest BCUT2D eigenvalue weighted by atomic mass is 32.2. The number of hydrogen-bond donors (Lipinski definition) is 1. The summed E-state index contributed by atoms with van der Waals surface area (Å²) in [5.74, 6) is -0.367. The Morgan fingerprint density at radius 3 is 2.48 bits per heavy atom. The Bertz CT molecular complexity index is 1020. The van der Waals surface area contributed by atoms with Crippen molar-refractivity contribution in [3.05, 3.63) is 44.9 Å². The molecule has 0 fully saturated rings. The van der Waals surface area contributed by atoms with Crippen LogP contribution in [-0.2, 0) is 28.0 Å². The molecule has 0 bridgehead atoms. The van der Waals surface area contributed by atoms with Gasteiger partial charge in [0.1, 0.15) is 22.8 Å². The standard InChI is InChI=1S/C18H24N2O6S/c1-6-13-15(18(22)20(3)19-13)16(21)12-7-8-14(27(5,23)24)17(11(12)2)26-10-9-25-4/h7-8,19H,6,9-10H2,1-5H3. The van der Waals surface area contributed by atoms with Gasteiger partial charge in [0.2, 0.25) is 5.78 Å². The first-order valence-electron chi connectivity index (χ1n) is 8.41. The Hall–Kier alpha value is -2.39. The monoisotopic (exact) mass is 396 g/mol. The first kappa shape index (κ1) is 20.9. The summed E-state index contributed by atoms with van der Waals surface area (Å²) in [6, 6.07) is 2.75. The number of nitrogens with zero attached hydrogens (tertiary/aromatic N) is 1. The average Bonchev–Trinajstić information content (AvgIpc) is 2.89. The zero-order valence-corrected chi connectivity index (χ0v) is 16.9. The second-order valence-electron chi connectivity index (χ2n) is 6.19. The van der Waals surface area contributed by atoms with Crippen molar-refractivity contribution < 1.29 is 22.7 Å². The topological polar surface area (TPSA) is 107 Å². The number of aryl methyl sites for hydroxylation is 2. The summed E-state index contributed by atoms with van der Waals surface area (Å²) in [6.45, 7) is 3.83. The number of rotatable bonds is 8. The lowest BCUT2D eigenvalue weighted by atomic mass is 9.98. The SMILES string of the molecule is CCc1[nH]n(C)c(=O)c1C(=O)c1ccc(S(C)(=O)=O)c(OCCOC)c1C. The van der Waals surface area contributed by atoms with Crippen molar-refractivity contribution in [2.45, 2.75) is 25.2 Å². The Labute approximate surface area is 158 Å². The van der Waals surface area contributed by atoms with Crippen LogP contribution < -0.4 is 10.3 Å². The summed E-state index contributed by atoms with van der Waals surface area (Å²) in [7, 11) is -0.526. The molecule has 0 atom stereocenters. The molecule has 27 heavy (non-hydrogen) atoms. The van der Waals surface area contributed by atoms with Crippen LogP contribution in [0.15, 0.2) is 21.8 Å². The van der Waals surface area contributed by atoms with E-state index >= 15 is 0 Å². The maximum atomic E-state index is 13.1. The van der Waals surface area contributed by atoms with E-state index < -0.39 is 21.2 Å². The van der Waals surface area contributed by atoms with Crippen LogP contribution in [-0.4, -0.2) is 50.6 Å². The molecule has 0 aliphatic carbocycles. The van der Waals surface area contributed by atoms with E-state index in [1.165, 1.54) is 31.0 Å². The lowest BCUT2D eigenvalue weighted by molar-refractivity contribution is 0.103. The first-order chi connectivity index (χ1) is 12.6. The molecule has 148 valence electrons. The van der Waals surface area contributed by atoms with Gasteiger partial charge in [-0.3, -0.25) is 19.4 Å². The van der Waals surface area contributed by atoms with E-state index in [1.54, 1.807) is 6.92 Å². The maximum absolute atomic E-state index is 13.1. The van der Waals surface area contributed by atoms with Gasteiger partial charge in [0.15, 0.2) is 9.84 Å². The molecule has 1 aromatic carbocycles. The van der Waals surface area contributed by atoms with E-state index in [-0.39, 0.29) is 35.0 Å². The number of hydrogen-bond acceptors (Lipinski definition) is 6. The zero-order valence-electron chi connectivity index (χ0n) is 16.1. The molecule has 0 unspecified atom stereocenters. The summed E-state index contributed by atoms with van der Waals surface area (Å²) in [5.41, 5.74) is 0.745. The second-order valence-corrected chi connectivity index (χ2v) is 8.18. The van der Waals surface area contributed by atoms with Crippen molar-refractivity contribution >= 4 is 15.6 Å². The van der Waals surface area contributed by atoms with Gasteiger partial charge in [0.25, 0.3) is 5.56 Å². The van der Waals surface area contributed by atoms with Crippen molar-refractivity contribution in [3.8, 4) is 5.75 Å². The lowest BCUT2D eigenvalue weighted by Crippen LogP contribution is -2.21. The Morgan fingerprint density at radius 1 is 1.26 bits per heavy atom. The molecule has 0 aliphatic rings. The van der Waals surface area contributed by atoms with Gasteiger partial charge in [-0.2, -0.15) is 0 Å². The normalized spacial score (nSPS) is 11.6. The van der Waals surface area contributed by atoms with Gasteiger partial charge in [0.05, 0.1) is 6.61 Å². The number of ketones is 1. The number of carbonyl (C=O) groups is 1. The number of ether oxygens (including phenoxy) is 2. The van der Waals surface area contributed by atoms with Crippen molar-refractivity contribution in [3.63, 3.8) is 0 Å². The third kappa shape index (κ3) is 4.14. The molecule has 8 nitrogen and oxygen atoms in total. The number of sulfone groups is 1. The molecule has 1 N–H and O–H groups in total. The van der Waals surface area contributed by atoms with Crippen LogP contribution in [0.1, 0.15) is 34.1 Å². The fourth-order valence-electron chi connectivity index (χ4n) is 2.84. The molecular weight excluding hydrogens is 372 g/mol. The van der Waals surface area contributed by atoms with E-state index in [9.17, 15) is 18.0 Å². The van der Waals surface area contributed by atoms with E-state index in [0.717, 1.165) is 6.26 Å². The molecule has 0 amide bonds. The van der Waals surface area contributed by atoms with Crippen LogP contribution in [0.4, 0.5) is 0 Å². The predicted molar refractivity (Wildman–Crippen MR) is 101 cm³/mol. The van der Waals surface area contributed by atoms with E-state index in [1.807, 2.05) is 6.92 Å². The van der Waals surface area contributed by atoms with Crippen LogP contribution in [0.5, 0.6) is 5.75 Å². The summed E-state index contributed by atoms with van der Waals surface area (Å²) >= 11 is 0. The molecule has 1 aromatic heterocycles. The quantitative estimate of drug-likeness (QED) is 0.531. The third-order valence-electron chi connectivity index (χ3n) is 4.25. The van der Waals surface area contributed by atoms with E-state index in [4.69, 9.17) is 9.47 Å². The number of carbonyl (C=O) groups excluding carboxylic acids is 1. The summed E-state index contributed by atoms with van der Waals surface area (Å²) < 4.78 is 36.0. The van der Waals surface area contributed by atoms with Crippen LogP contribution in [0.25, 0.3) is 0 Å². The Balaban J connectivity index is 2.63. The van der Waals surface area contributed by atoms with Gasteiger partial charge in [-0.1, -0.05) is 6.92 Å². The highest BCUT2D eigenvalue weighted by Crippen LogP contribution is 2.31. The van der Waals surface area contributed by atoms with Gasteiger partial charge in [-0.05, 0) is 25.5 Å². The number of aromatic amines is 1. The number of H-pyrrole nitrogens is 1. The molecule has 0 aliphatic heterocycles. The molecule has 0 radical (unpaired) electrons. The van der Waals surface area contributed by atoms with Crippen molar-refractivity contribution in [2.75, 3.05) is 26.6 Å². The highest BCUT2D eigenvalue weighted by Gasteiger charge is 2.26. The summed E-state index contributed by atoms with van der Waals surface area (Å²) in [4.78, 5) is 25.4. The van der Waals surface area contributed by atoms with Crippen LogP contribution in [0.2, 0.25) is 0 Å². The van der Waals surface area contributed by atoms with Crippen LogP contribution in [0.3, 0.4) is 0 Å². The number of nitrogens with one attached hydrogen (secondary N) is 1. The molecule has 2 aromatic rings. The van der Waals surface area contributed by atoms with Crippen LogP contribution in [0, 0.1) is 6.92 Å². The summed E-state index contributed by atoms with van der Waals surface area (Å²) in [6.07, 6.45) is 1.55. The van der Waals surface area contributed by atoms with E-state index in [0.29, 0.717) is 17.7 Å². The molecule has 2 rings (SSSR count). The molecular formula is C18H24N2O6S. The van der Waals surface area contributed by atoms with Crippen molar-refractivity contribution in [2.24, 2.45) is 7.05 Å². The minimum atomic E-state index is -3.57. The minimum absolute atomic E-state index is 0.00895. The number of methoxy groups -OCH3 is 1. The van der Waals surface area contributed by atoms with Gasteiger partial charge in [0, 0.05) is 37.2 Å². The second kappa shape index (κ2) is 8.10. The fraction of sp³-hybridized carbons (Fsp3) is 0.444. The zero-order chi connectivity index (χ0) is 20.4. The summed E-state index contributed by atoms with van der Waals surface area (Å²) in [5, 5.41) is 2.86. The van der Waals surface area contributed by atoms with E-state index in [2.05, 4.69) is 5.10 Å². The minimum Gasteiger partial charge on any atom is -0.490 e. The molecule has 0 saturated carbocycles. The van der Waals surface area contributed by atoms with Gasteiger partial charge >= 0.3 is 0 Å². The van der Waals surface area contributed by atoms with Gasteiger partial charge in [-0.15, -0.1) is 0 Å². The van der Waals surface area contributed by atoms with Crippen molar-refractivity contribution in [1.82, 2.24) is 9.78 Å². The predicted octanol–water partition coefficient (Wildman–Crippen LogP) is 1.24. The number of aromatic nitrogens is 2. The smallest absolute Gasteiger partial charge is 0.277 e. The first-order valence-corrected chi connectivity index (χ1v) is 10.3. The average molecular weight is 396 g/mol. The fourth-order valence-corrected chi connectivity index (χ4v) is 3.71. The maximum Gasteiger partial charge on any atom is 0.277 e. The molecule has 0 spiro atoms. The van der Waals surface area contributed by atoms with Gasteiger partial charge < -0.3 is 9.47 Å². The van der Waals surface area contributed by atoms with Gasteiger partial charge in [-0.25, -0.2) is 8.42 Å². The molecule has 0 saturated heterocycles. The third-order valence-corrected chi connectivity index (χ3v) is 5.37. The molecule has 9 heteroatoms. The lowest BCUT2D eigenvalue weighted by Gasteiger charge is -2.15. The Morgan fingerprint density at radius 2 is 1.93 bits per heavy atom. The largest absolute Gasteiger partial charge is 0.490 e. The molecule has 1 heterocycles. The Kier molecular flexibility index (Phi) is 6.27. The highest BCUT2D eigenvalue weighted by molar-refractivity contribution is 7.90. The van der Waals surface area contributed by atoms with Crippen LogP contribution >= 0.6 is 0 Å². The van der Waals surface area contributed by atoms with Crippen molar-refractivity contribution in [1.29, 1.82) is 0 Å². The number of benzene rings is 1.